The van der Waals surface area contributed by atoms with Gasteiger partial charge >= 0.3 is 12.0 Å². The van der Waals surface area contributed by atoms with Gasteiger partial charge in [0, 0.05) is 17.8 Å². The Bertz CT molecular complexity index is 494. The summed E-state index contributed by atoms with van der Waals surface area (Å²) >= 11 is 0. The molecule has 1 aliphatic heterocycles. The number of piperidine rings is 1. The molecule has 2 amide bonds. The highest BCUT2D eigenvalue weighted by molar-refractivity contribution is 5.96. The summed E-state index contributed by atoms with van der Waals surface area (Å²) in [7, 11) is 0. The van der Waals surface area contributed by atoms with Gasteiger partial charge in [-0.15, -0.1) is 0 Å². The number of aliphatic carboxylic acids is 1. The van der Waals surface area contributed by atoms with Crippen molar-refractivity contribution in [2.24, 2.45) is 0 Å². The molecule has 5 nitrogen and oxygen atoms in total. The number of hydrogen-bond donors (Lipinski definition) is 1. The molecule has 1 aliphatic rings. The van der Waals surface area contributed by atoms with Crippen LogP contribution in [0, 0.1) is 0 Å². The molecule has 0 radical (unpaired) electrons. The van der Waals surface area contributed by atoms with Gasteiger partial charge in [-0.25, -0.2) is 4.79 Å². The van der Waals surface area contributed by atoms with E-state index in [0.717, 1.165) is 19.3 Å². The monoisotopic (exact) mass is 290 g/mol. The largest absolute Gasteiger partial charge is 0.480 e. The second kappa shape index (κ2) is 6.61. The molecule has 21 heavy (non-hydrogen) atoms. The fourth-order valence-electron chi connectivity index (χ4n) is 2.95. The number of carboxylic acid groups (broad SMARTS) is 1. The predicted octanol–water partition coefficient (Wildman–Crippen LogP) is 2.96. The number of carbonyl (C=O) groups is 2. The minimum absolute atomic E-state index is 0.140. The minimum atomic E-state index is -1.01. The van der Waals surface area contributed by atoms with Gasteiger partial charge in [0.1, 0.15) is 6.54 Å². The molecule has 0 spiro atoms. The summed E-state index contributed by atoms with van der Waals surface area (Å²) in [6.07, 6.45) is 3.04. The number of urea groups is 1. The predicted molar refractivity (Wildman–Crippen MR) is 81.4 cm³/mol. The maximum Gasteiger partial charge on any atom is 0.325 e. The first-order valence-corrected chi connectivity index (χ1v) is 7.37. The van der Waals surface area contributed by atoms with Crippen molar-refractivity contribution < 1.29 is 14.7 Å². The van der Waals surface area contributed by atoms with Gasteiger partial charge in [0.2, 0.25) is 0 Å². The van der Waals surface area contributed by atoms with Crippen LogP contribution < -0.4 is 4.90 Å². The number of carboxylic acids is 1. The van der Waals surface area contributed by atoms with Crippen molar-refractivity contribution in [3.8, 4) is 0 Å². The van der Waals surface area contributed by atoms with E-state index in [1.807, 2.05) is 24.8 Å². The number of rotatable bonds is 3. The molecule has 1 saturated heterocycles. The third kappa shape index (κ3) is 3.54. The topological polar surface area (TPSA) is 60.9 Å². The van der Waals surface area contributed by atoms with E-state index in [9.17, 15) is 9.59 Å². The van der Waals surface area contributed by atoms with E-state index in [4.69, 9.17) is 5.11 Å². The van der Waals surface area contributed by atoms with E-state index in [-0.39, 0.29) is 24.7 Å². The Balaban J connectivity index is 2.27. The molecule has 2 rings (SSSR count). The van der Waals surface area contributed by atoms with Crippen molar-refractivity contribution in [2.45, 2.75) is 45.2 Å². The lowest BCUT2D eigenvalue weighted by Gasteiger charge is -2.41. The summed E-state index contributed by atoms with van der Waals surface area (Å²) in [5.74, 6) is -1.01. The molecule has 1 N–H and O–H groups in total. The highest BCUT2D eigenvalue weighted by Gasteiger charge is 2.33. The van der Waals surface area contributed by atoms with Crippen molar-refractivity contribution in [3.05, 3.63) is 30.3 Å². The quantitative estimate of drug-likeness (QED) is 0.931. The van der Waals surface area contributed by atoms with E-state index in [2.05, 4.69) is 0 Å². The standard InChI is InChI=1S/C16H22N2O3/c1-12-7-6-8-13(2)18(12)16(21)17(11-15(19)20)14-9-4-3-5-10-14/h3-5,9-10,12-13H,6-8,11H2,1-2H3,(H,19,20). The maximum absolute atomic E-state index is 12.8. The number of para-hydroxylation sites is 1. The first-order chi connectivity index (χ1) is 10.0. The minimum Gasteiger partial charge on any atom is -0.480 e. The molecule has 1 aromatic rings. The van der Waals surface area contributed by atoms with E-state index >= 15 is 0 Å². The van der Waals surface area contributed by atoms with Crippen LogP contribution in [-0.2, 0) is 4.79 Å². The summed E-state index contributed by atoms with van der Waals surface area (Å²) in [6, 6.07) is 9.05. The lowest BCUT2D eigenvalue weighted by molar-refractivity contribution is -0.135. The van der Waals surface area contributed by atoms with Gasteiger partial charge in [-0.1, -0.05) is 18.2 Å². The molecule has 2 atom stereocenters. The number of carbonyl (C=O) groups excluding carboxylic acids is 1. The SMILES string of the molecule is CC1CCCC(C)N1C(=O)N(CC(=O)O)c1ccccc1. The lowest BCUT2D eigenvalue weighted by Crippen LogP contribution is -2.54. The van der Waals surface area contributed by atoms with Crippen LogP contribution in [0.4, 0.5) is 10.5 Å². The van der Waals surface area contributed by atoms with E-state index < -0.39 is 5.97 Å². The van der Waals surface area contributed by atoms with E-state index in [1.54, 1.807) is 24.3 Å². The van der Waals surface area contributed by atoms with E-state index in [0.29, 0.717) is 5.69 Å². The second-order valence-corrected chi connectivity index (χ2v) is 5.63. The van der Waals surface area contributed by atoms with Crippen molar-refractivity contribution >= 4 is 17.7 Å². The Morgan fingerprint density at radius 2 is 1.76 bits per heavy atom. The summed E-state index contributed by atoms with van der Waals surface area (Å²) in [6.45, 7) is 3.73. The van der Waals surface area contributed by atoms with Crippen molar-refractivity contribution in [3.63, 3.8) is 0 Å². The van der Waals surface area contributed by atoms with Gasteiger partial charge in [0.05, 0.1) is 0 Å². The Morgan fingerprint density at radius 1 is 1.19 bits per heavy atom. The van der Waals surface area contributed by atoms with Crippen LogP contribution in [0.1, 0.15) is 33.1 Å². The molecular weight excluding hydrogens is 268 g/mol. The van der Waals surface area contributed by atoms with Gasteiger partial charge in [0.25, 0.3) is 0 Å². The second-order valence-electron chi connectivity index (χ2n) is 5.63. The zero-order valence-electron chi connectivity index (χ0n) is 12.5. The van der Waals surface area contributed by atoms with Crippen LogP contribution in [-0.4, -0.2) is 40.6 Å². The number of anilines is 1. The van der Waals surface area contributed by atoms with Crippen molar-refractivity contribution in [2.75, 3.05) is 11.4 Å². The summed E-state index contributed by atoms with van der Waals surface area (Å²) in [5, 5.41) is 9.11. The van der Waals surface area contributed by atoms with Crippen LogP contribution in [0.2, 0.25) is 0 Å². The van der Waals surface area contributed by atoms with Gasteiger partial charge in [-0.05, 0) is 45.2 Å². The number of likely N-dealkylation sites (tertiary alicyclic amines) is 1. The molecule has 0 saturated carbocycles. The first kappa shape index (κ1) is 15.4. The van der Waals surface area contributed by atoms with Crippen LogP contribution in [0.5, 0.6) is 0 Å². The van der Waals surface area contributed by atoms with Crippen LogP contribution >= 0.6 is 0 Å². The van der Waals surface area contributed by atoms with E-state index in [1.165, 1.54) is 4.90 Å². The number of benzene rings is 1. The van der Waals surface area contributed by atoms with Crippen molar-refractivity contribution in [1.29, 1.82) is 0 Å². The lowest BCUT2D eigenvalue weighted by atomic mass is 9.98. The molecule has 0 aliphatic carbocycles. The summed E-state index contributed by atoms with van der Waals surface area (Å²) in [5.41, 5.74) is 0.620. The molecule has 1 heterocycles. The molecular formula is C16H22N2O3. The molecule has 0 aromatic heterocycles. The third-order valence-corrected chi connectivity index (χ3v) is 4.01. The zero-order valence-corrected chi connectivity index (χ0v) is 12.5. The van der Waals surface area contributed by atoms with Gasteiger partial charge in [0.15, 0.2) is 0 Å². The van der Waals surface area contributed by atoms with Crippen molar-refractivity contribution in [1.82, 2.24) is 4.90 Å². The first-order valence-electron chi connectivity index (χ1n) is 7.37. The molecule has 5 heteroatoms. The average Bonchev–Trinajstić information content (AvgIpc) is 2.45. The Kier molecular flexibility index (Phi) is 4.83. The molecule has 0 bridgehead atoms. The summed E-state index contributed by atoms with van der Waals surface area (Å²) < 4.78 is 0. The highest BCUT2D eigenvalue weighted by atomic mass is 16.4. The third-order valence-electron chi connectivity index (χ3n) is 4.01. The number of hydrogen-bond acceptors (Lipinski definition) is 2. The molecule has 2 unspecified atom stereocenters. The van der Waals surface area contributed by atoms with Gasteiger partial charge in [-0.2, -0.15) is 0 Å². The van der Waals surface area contributed by atoms with Crippen LogP contribution in [0.25, 0.3) is 0 Å². The Morgan fingerprint density at radius 3 is 2.29 bits per heavy atom. The number of amides is 2. The maximum atomic E-state index is 12.8. The fourth-order valence-corrected chi connectivity index (χ4v) is 2.95. The molecule has 1 fully saturated rings. The van der Waals surface area contributed by atoms with Gasteiger partial charge in [-0.3, -0.25) is 9.69 Å². The number of nitrogens with zero attached hydrogens (tertiary/aromatic N) is 2. The van der Waals surface area contributed by atoms with Crippen LogP contribution in [0.3, 0.4) is 0 Å². The molecule has 114 valence electrons. The highest BCUT2D eigenvalue weighted by Crippen LogP contribution is 2.25. The Hall–Kier alpha value is -2.04. The Labute approximate surface area is 125 Å². The summed E-state index contributed by atoms with van der Waals surface area (Å²) in [4.78, 5) is 27.1. The zero-order chi connectivity index (χ0) is 15.4. The van der Waals surface area contributed by atoms with Gasteiger partial charge < -0.3 is 10.0 Å². The normalized spacial score (nSPS) is 21.9. The smallest absolute Gasteiger partial charge is 0.325 e. The fraction of sp³-hybridized carbons (Fsp3) is 0.500. The van der Waals surface area contributed by atoms with Crippen LogP contribution in [0.15, 0.2) is 30.3 Å². The molecule has 1 aromatic carbocycles. The average molecular weight is 290 g/mol.